The van der Waals surface area contributed by atoms with Crippen LogP contribution in [0.1, 0.15) is 41.6 Å². The molecule has 0 spiro atoms. The fourth-order valence-corrected chi connectivity index (χ4v) is 4.10. The third kappa shape index (κ3) is 4.87. The number of amides is 2. The molecule has 6 heteroatoms. The lowest BCUT2D eigenvalue weighted by Gasteiger charge is -2.29. The molecule has 0 bridgehead atoms. The van der Waals surface area contributed by atoms with Crippen molar-refractivity contribution in [3.05, 3.63) is 59.2 Å². The van der Waals surface area contributed by atoms with Crippen LogP contribution < -0.4 is 14.8 Å². The van der Waals surface area contributed by atoms with Crippen molar-refractivity contribution in [3.63, 3.8) is 0 Å². The number of ether oxygens (including phenoxy) is 2. The van der Waals surface area contributed by atoms with Gasteiger partial charge in [-0.15, -0.1) is 0 Å². The van der Waals surface area contributed by atoms with Crippen LogP contribution in [0.25, 0.3) is 0 Å². The van der Waals surface area contributed by atoms with Crippen molar-refractivity contribution >= 4 is 6.03 Å². The number of carbonyl (C=O) groups excluding carboxylic acids is 1. The Balaban J connectivity index is 1.72. The van der Waals surface area contributed by atoms with Crippen LogP contribution in [0.4, 0.5) is 4.79 Å². The predicted molar refractivity (Wildman–Crippen MR) is 119 cm³/mol. The molecule has 0 saturated carbocycles. The molecule has 2 aromatic rings. The van der Waals surface area contributed by atoms with E-state index in [2.05, 4.69) is 41.4 Å². The van der Waals surface area contributed by atoms with Gasteiger partial charge in [0.05, 0.1) is 26.3 Å². The molecule has 0 aliphatic carbocycles. The van der Waals surface area contributed by atoms with Crippen LogP contribution in [-0.2, 0) is 0 Å². The molecule has 0 aromatic heterocycles. The molecule has 2 atom stereocenters. The summed E-state index contributed by atoms with van der Waals surface area (Å²) in [6, 6.07) is 14.4. The van der Waals surface area contributed by atoms with Gasteiger partial charge in [0.1, 0.15) is 11.5 Å². The van der Waals surface area contributed by atoms with Crippen molar-refractivity contribution in [1.29, 1.82) is 0 Å². The molecule has 6 nitrogen and oxygen atoms in total. The largest absolute Gasteiger partial charge is 0.497 e. The van der Waals surface area contributed by atoms with Crippen LogP contribution in [0, 0.1) is 6.92 Å². The standard InChI is InChI=1S/C24H33N3O3/c1-17-8-10-18(11-9-17)22(26(2)3)16-25-24(28)27-14-6-7-21(27)20-13-12-19(29-4)15-23(20)30-5/h8-13,15,21-22H,6-7,14,16H2,1-5H3,(H,25,28). The Kier molecular flexibility index (Phi) is 7.21. The SMILES string of the molecule is COc1ccc(C2CCCN2C(=O)NCC(c2ccc(C)cc2)N(C)C)c(OC)c1. The second kappa shape index (κ2) is 9.85. The van der Waals surface area contributed by atoms with E-state index in [1.807, 2.05) is 37.2 Å². The van der Waals surface area contributed by atoms with Crippen LogP contribution in [0.5, 0.6) is 11.5 Å². The lowest BCUT2D eigenvalue weighted by atomic mass is 10.0. The minimum Gasteiger partial charge on any atom is -0.497 e. The Morgan fingerprint density at radius 1 is 1.17 bits per heavy atom. The molecule has 3 rings (SSSR count). The van der Waals surface area contributed by atoms with Gasteiger partial charge in [0.25, 0.3) is 0 Å². The molecule has 2 amide bonds. The summed E-state index contributed by atoms with van der Waals surface area (Å²) >= 11 is 0. The number of aryl methyl sites for hydroxylation is 1. The zero-order chi connectivity index (χ0) is 21.7. The summed E-state index contributed by atoms with van der Waals surface area (Å²) in [5.41, 5.74) is 3.45. The minimum atomic E-state index is -0.0330. The van der Waals surface area contributed by atoms with Crippen LogP contribution in [0.2, 0.25) is 0 Å². The number of hydrogen-bond donors (Lipinski definition) is 1. The number of benzene rings is 2. The first-order valence-electron chi connectivity index (χ1n) is 10.4. The molecule has 2 unspecified atom stereocenters. The molecule has 1 saturated heterocycles. The Morgan fingerprint density at radius 2 is 1.90 bits per heavy atom. The van der Waals surface area contributed by atoms with E-state index in [0.29, 0.717) is 6.54 Å². The average molecular weight is 412 g/mol. The third-order valence-electron chi connectivity index (χ3n) is 5.85. The van der Waals surface area contributed by atoms with E-state index in [-0.39, 0.29) is 18.1 Å². The van der Waals surface area contributed by atoms with Gasteiger partial charge in [-0.3, -0.25) is 0 Å². The number of rotatable bonds is 7. The Labute approximate surface area is 179 Å². The highest BCUT2D eigenvalue weighted by molar-refractivity contribution is 5.75. The molecule has 1 N–H and O–H groups in total. The fourth-order valence-electron chi connectivity index (χ4n) is 4.10. The molecule has 1 aliphatic heterocycles. The van der Waals surface area contributed by atoms with Crippen molar-refractivity contribution in [3.8, 4) is 11.5 Å². The van der Waals surface area contributed by atoms with Gasteiger partial charge in [0.15, 0.2) is 0 Å². The lowest BCUT2D eigenvalue weighted by molar-refractivity contribution is 0.187. The Hall–Kier alpha value is -2.73. The highest BCUT2D eigenvalue weighted by Gasteiger charge is 2.32. The highest BCUT2D eigenvalue weighted by atomic mass is 16.5. The Bertz CT molecular complexity index is 851. The summed E-state index contributed by atoms with van der Waals surface area (Å²) in [5.74, 6) is 1.50. The monoisotopic (exact) mass is 411 g/mol. The zero-order valence-corrected chi connectivity index (χ0v) is 18.6. The summed E-state index contributed by atoms with van der Waals surface area (Å²) in [6.45, 7) is 3.37. The van der Waals surface area contributed by atoms with E-state index in [1.54, 1.807) is 14.2 Å². The van der Waals surface area contributed by atoms with Crippen molar-refractivity contribution < 1.29 is 14.3 Å². The second-order valence-corrected chi connectivity index (χ2v) is 8.04. The maximum Gasteiger partial charge on any atom is 0.317 e. The van der Waals surface area contributed by atoms with Crippen molar-refractivity contribution in [2.45, 2.75) is 31.8 Å². The predicted octanol–water partition coefficient (Wildman–Crippen LogP) is 4.16. The van der Waals surface area contributed by atoms with Gasteiger partial charge in [-0.05, 0) is 51.6 Å². The van der Waals surface area contributed by atoms with E-state index in [0.717, 1.165) is 36.4 Å². The van der Waals surface area contributed by atoms with Gasteiger partial charge in [-0.25, -0.2) is 4.79 Å². The van der Waals surface area contributed by atoms with Crippen LogP contribution in [-0.4, -0.2) is 57.2 Å². The molecule has 2 aromatic carbocycles. The summed E-state index contributed by atoms with van der Waals surface area (Å²) in [5, 5.41) is 3.16. The highest BCUT2D eigenvalue weighted by Crippen LogP contribution is 2.38. The van der Waals surface area contributed by atoms with Gasteiger partial charge in [-0.1, -0.05) is 29.8 Å². The second-order valence-electron chi connectivity index (χ2n) is 8.04. The van der Waals surface area contributed by atoms with Crippen molar-refractivity contribution in [2.24, 2.45) is 0 Å². The van der Waals surface area contributed by atoms with E-state index in [9.17, 15) is 4.79 Å². The van der Waals surface area contributed by atoms with Gasteiger partial charge in [-0.2, -0.15) is 0 Å². The quantitative estimate of drug-likeness (QED) is 0.743. The first-order chi connectivity index (χ1) is 14.4. The van der Waals surface area contributed by atoms with Crippen LogP contribution in [0.3, 0.4) is 0 Å². The van der Waals surface area contributed by atoms with E-state index < -0.39 is 0 Å². The van der Waals surface area contributed by atoms with Crippen molar-refractivity contribution in [2.75, 3.05) is 41.4 Å². The maximum absolute atomic E-state index is 13.1. The number of likely N-dealkylation sites (N-methyl/N-ethyl adjacent to an activating group) is 1. The number of likely N-dealkylation sites (tertiary alicyclic amines) is 1. The molecule has 1 aliphatic rings. The normalized spacial score (nSPS) is 17.1. The molecule has 1 heterocycles. The van der Waals surface area contributed by atoms with E-state index >= 15 is 0 Å². The maximum atomic E-state index is 13.1. The van der Waals surface area contributed by atoms with Gasteiger partial charge in [0, 0.05) is 24.7 Å². The molecule has 1 fully saturated rings. The average Bonchev–Trinajstić information content (AvgIpc) is 3.24. The number of urea groups is 1. The lowest BCUT2D eigenvalue weighted by Crippen LogP contribution is -2.43. The summed E-state index contributed by atoms with van der Waals surface area (Å²) < 4.78 is 10.9. The van der Waals surface area contributed by atoms with E-state index in [4.69, 9.17) is 9.47 Å². The minimum absolute atomic E-state index is 0.00281. The number of carbonyl (C=O) groups is 1. The third-order valence-corrected chi connectivity index (χ3v) is 5.85. The number of nitrogens with zero attached hydrogens (tertiary/aromatic N) is 2. The van der Waals surface area contributed by atoms with Gasteiger partial charge < -0.3 is 24.6 Å². The summed E-state index contributed by atoms with van der Waals surface area (Å²) in [4.78, 5) is 17.2. The van der Waals surface area contributed by atoms with Crippen LogP contribution in [0.15, 0.2) is 42.5 Å². The molecular formula is C24H33N3O3. The molecule has 30 heavy (non-hydrogen) atoms. The molecule has 0 radical (unpaired) electrons. The molecular weight excluding hydrogens is 378 g/mol. The number of methoxy groups -OCH3 is 2. The summed E-state index contributed by atoms with van der Waals surface area (Å²) in [6.07, 6.45) is 1.90. The topological polar surface area (TPSA) is 54.0 Å². The van der Waals surface area contributed by atoms with E-state index in [1.165, 1.54) is 11.1 Å². The molecule has 162 valence electrons. The zero-order valence-electron chi connectivity index (χ0n) is 18.6. The number of hydrogen-bond acceptors (Lipinski definition) is 4. The Morgan fingerprint density at radius 3 is 2.53 bits per heavy atom. The van der Waals surface area contributed by atoms with Crippen molar-refractivity contribution in [1.82, 2.24) is 15.1 Å². The first-order valence-corrected chi connectivity index (χ1v) is 10.4. The van der Waals surface area contributed by atoms with Gasteiger partial charge in [0.2, 0.25) is 0 Å². The summed E-state index contributed by atoms with van der Waals surface area (Å²) in [7, 11) is 7.37. The smallest absolute Gasteiger partial charge is 0.317 e. The first kappa shape index (κ1) is 22.0. The van der Waals surface area contributed by atoms with Crippen LogP contribution >= 0.6 is 0 Å². The number of nitrogens with one attached hydrogen (secondary N) is 1. The fraction of sp³-hybridized carbons (Fsp3) is 0.458. The van der Waals surface area contributed by atoms with Gasteiger partial charge >= 0.3 is 6.03 Å².